The molecule has 2 aromatic rings. The summed E-state index contributed by atoms with van der Waals surface area (Å²) >= 11 is 0. The minimum absolute atomic E-state index is 0.307. The number of nitrogens with zero attached hydrogens (tertiary/aromatic N) is 2. The van der Waals surface area contributed by atoms with E-state index in [0.29, 0.717) is 29.9 Å². The zero-order valence-electron chi connectivity index (χ0n) is 16.9. The number of ether oxygens (including phenoxy) is 2. The molecule has 2 heterocycles. The molecule has 0 radical (unpaired) electrons. The first-order valence-electron chi connectivity index (χ1n) is 9.44. The molecular weight excluding hydrogens is 378 g/mol. The number of aromatic nitrogens is 1. The maximum Gasteiger partial charge on any atom is 0.353 e. The fourth-order valence-corrected chi connectivity index (χ4v) is 4.39. The Morgan fingerprint density at radius 3 is 2.50 bits per heavy atom. The van der Waals surface area contributed by atoms with Crippen molar-refractivity contribution in [3.8, 4) is 11.5 Å². The molecule has 1 aromatic carbocycles. The van der Waals surface area contributed by atoms with Crippen LogP contribution in [-0.4, -0.2) is 48.5 Å². The van der Waals surface area contributed by atoms with Crippen LogP contribution in [0.1, 0.15) is 19.8 Å². The molecule has 1 fully saturated rings. The molecule has 0 bridgehead atoms. The van der Waals surface area contributed by atoms with Crippen molar-refractivity contribution >= 4 is 26.6 Å². The molecule has 1 saturated heterocycles. The van der Waals surface area contributed by atoms with Gasteiger partial charge >= 0.3 is 11.7 Å². The molecule has 1 N–H and O–H groups in total. The first kappa shape index (κ1) is 20.5. The Kier molecular flexibility index (Phi) is 6.16. The molecule has 8 heteroatoms. The topological polar surface area (TPSA) is 82.0 Å². The van der Waals surface area contributed by atoms with E-state index in [2.05, 4.69) is 27.7 Å². The number of piperidine rings is 1. The van der Waals surface area contributed by atoms with Crippen molar-refractivity contribution in [3.05, 3.63) is 24.4 Å². The van der Waals surface area contributed by atoms with Gasteiger partial charge in [-0.2, -0.15) is 0 Å². The van der Waals surface area contributed by atoms with E-state index < -0.39 is 10.0 Å². The summed E-state index contributed by atoms with van der Waals surface area (Å²) in [6.45, 7) is 4.43. The lowest BCUT2D eigenvalue weighted by Crippen LogP contribution is -2.38. The molecule has 0 saturated carbocycles. The summed E-state index contributed by atoms with van der Waals surface area (Å²) in [6.07, 6.45) is 6.24. The molecule has 1 aliphatic heterocycles. The SMILES string of the molecule is COc1cc2[n+]#ccc(N3CCC(C(C)CNS(C)(=O)=O)CC3)c2cc1OC. The lowest BCUT2D eigenvalue weighted by Gasteiger charge is -2.36. The van der Waals surface area contributed by atoms with Crippen LogP contribution in [0.15, 0.2) is 18.2 Å². The highest BCUT2D eigenvalue weighted by molar-refractivity contribution is 7.88. The third-order valence-corrected chi connectivity index (χ3v) is 6.21. The largest absolute Gasteiger partial charge is 0.493 e. The highest BCUT2D eigenvalue weighted by Gasteiger charge is 2.27. The normalized spacial score (nSPS) is 16.6. The van der Waals surface area contributed by atoms with E-state index >= 15 is 0 Å². The van der Waals surface area contributed by atoms with Gasteiger partial charge in [-0.1, -0.05) is 6.92 Å². The Bertz CT molecular complexity index is 924. The Balaban J connectivity index is 1.74. The van der Waals surface area contributed by atoms with Crippen molar-refractivity contribution in [1.29, 1.82) is 0 Å². The quantitative estimate of drug-likeness (QED) is 0.753. The van der Waals surface area contributed by atoms with Crippen LogP contribution >= 0.6 is 0 Å². The van der Waals surface area contributed by atoms with Crippen LogP contribution in [0.3, 0.4) is 0 Å². The van der Waals surface area contributed by atoms with Crippen LogP contribution in [-0.2, 0) is 10.0 Å². The predicted octanol–water partition coefficient (Wildman–Crippen LogP) is 1.66. The summed E-state index contributed by atoms with van der Waals surface area (Å²) in [7, 11) is 0.0992. The van der Waals surface area contributed by atoms with Gasteiger partial charge in [-0.3, -0.25) is 0 Å². The lowest BCUT2D eigenvalue weighted by atomic mass is 9.85. The number of nitrogens with one attached hydrogen (secondary N) is 1. The van der Waals surface area contributed by atoms with Crippen LogP contribution in [0.4, 0.5) is 5.69 Å². The summed E-state index contributed by atoms with van der Waals surface area (Å²) in [4.78, 5) is 6.71. The number of methoxy groups -OCH3 is 2. The average molecular weight is 407 g/mol. The van der Waals surface area contributed by atoms with E-state index in [1.807, 2.05) is 18.2 Å². The number of rotatable bonds is 7. The number of sulfonamides is 1. The van der Waals surface area contributed by atoms with Crippen LogP contribution in [0.2, 0.25) is 0 Å². The van der Waals surface area contributed by atoms with E-state index in [0.717, 1.165) is 42.5 Å². The summed E-state index contributed by atoms with van der Waals surface area (Å²) in [6, 6.07) is 5.76. The van der Waals surface area contributed by atoms with Gasteiger partial charge in [-0.15, -0.1) is 0 Å². The van der Waals surface area contributed by atoms with Gasteiger partial charge in [0.25, 0.3) is 0 Å². The van der Waals surface area contributed by atoms with E-state index in [1.165, 1.54) is 6.26 Å². The molecule has 1 aromatic heterocycles. The zero-order chi connectivity index (χ0) is 20.3. The molecule has 7 nitrogen and oxygen atoms in total. The van der Waals surface area contributed by atoms with Gasteiger partial charge in [-0.25, -0.2) is 13.1 Å². The summed E-state index contributed by atoms with van der Waals surface area (Å²) in [5, 5.41) is 1.02. The van der Waals surface area contributed by atoms with Crippen LogP contribution < -0.4 is 24.1 Å². The standard InChI is InChI=1S/C20H28N3O4S/c1-14(13-22-28(4,24)25)15-6-9-23(10-7-15)18-5-8-21-17-12-20(27-3)19(26-2)11-16(17)18/h5,11-12,14-15,22H,6-7,9-10,13H2,1-4H3/q+1. The molecule has 0 amide bonds. The number of anilines is 1. The number of hydrogen-bond donors (Lipinski definition) is 1. The van der Waals surface area contributed by atoms with Crippen LogP contribution in [0.25, 0.3) is 10.9 Å². The minimum atomic E-state index is -3.14. The Morgan fingerprint density at radius 2 is 1.89 bits per heavy atom. The van der Waals surface area contributed by atoms with Crippen LogP contribution in [0, 0.1) is 18.0 Å². The average Bonchev–Trinajstić information content (AvgIpc) is 2.70. The lowest BCUT2D eigenvalue weighted by molar-refractivity contribution is -0.258. The van der Waals surface area contributed by atoms with Gasteiger partial charge in [0.05, 0.1) is 43.7 Å². The second kappa shape index (κ2) is 8.41. The number of benzene rings is 1. The first-order chi connectivity index (χ1) is 13.3. The summed E-state index contributed by atoms with van der Waals surface area (Å²) in [5.41, 5.74) is 1.91. The zero-order valence-corrected chi connectivity index (χ0v) is 17.7. The summed E-state index contributed by atoms with van der Waals surface area (Å²) in [5.74, 6) is 2.14. The fourth-order valence-electron chi connectivity index (χ4n) is 3.83. The smallest absolute Gasteiger partial charge is 0.353 e. The molecule has 28 heavy (non-hydrogen) atoms. The summed E-state index contributed by atoms with van der Waals surface area (Å²) < 4.78 is 36.1. The Morgan fingerprint density at radius 1 is 1.25 bits per heavy atom. The molecular formula is C20H28N3O4S+. The molecule has 3 rings (SSSR count). The van der Waals surface area contributed by atoms with Gasteiger partial charge < -0.3 is 14.4 Å². The molecule has 0 aliphatic carbocycles. The van der Waals surface area contributed by atoms with Gasteiger partial charge in [0.2, 0.25) is 10.0 Å². The molecule has 152 valence electrons. The number of fused-ring (bicyclic) bond motifs is 1. The first-order valence-corrected chi connectivity index (χ1v) is 11.3. The maximum atomic E-state index is 11.3. The molecule has 1 unspecified atom stereocenters. The van der Waals surface area contributed by atoms with Gasteiger partial charge in [0, 0.05) is 25.7 Å². The Hall–Kier alpha value is -2.24. The molecule has 1 atom stereocenters. The Labute approximate surface area is 167 Å². The third kappa shape index (κ3) is 4.59. The fraction of sp³-hybridized carbons (Fsp3) is 0.550. The van der Waals surface area contributed by atoms with E-state index in [4.69, 9.17) is 9.47 Å². The number of hydrogen-bond acceptors (Lipinski definition) is 5. The predicted molar refractivity (Wildman–Crippen MR) is 108 cm³/mol. The second-order valence-corrected chi connectivity index (χ2v) is 9.25. The van der Waals surface area contributed by atoms with Crippen LogP contribution in [0.5, 0.6) is 11.5 Å². The molecule has 1 aliphatic rings. The van der Waals surface area contributed by atoms with Gasteiger partial charge in [0.15, 0.2) is 11.5 Å². The van der Waals surface area contributed by atoms with Crippen molar-refractivity contribution in [2.75, 3.05) is 45.0 Å². The monoisotopic (exact) mass is 406 g/mol. The third-order valence-electron chi connectivity index (χ3n) is 5.52. The second-order valence-electron chi connectivity index (χ2n) is 7.42. The van der Waals surface area contributed by atoms with Crippen molar-refractivity contribution < 1.29 is 22.9 Å². The van der Waals surface area contributed by atoms with Crippen molar-refractivity contribution in [1.82, 2.24) is 4.72 Å². The minimum Gasteiger partial charge on any atom is -0.493 e. The van der Waals surface area contributed by atoms with Crippen molar-refractivity contribution in [2.24, 2.45) is 11.8 Å². The highest BCUT2D eigenvalue weighted by Crippen LogP contribution is 2.36. The van der Waals surface area contributed by atoms with Gasteiger partial charge in [0.1, 0.15) is 0 Å². The highest BCUT2D eigenvalue weighted by atomic mass is 32.2. The van der Waals surface area contributed by atoms with E-state index in [9.17, 15) is 8.42 Å². The molecule has 0 spiro atoms. The van der Waals surface area contributed by atoms with E-state index in [-0.39, 0.29) is 0 Å². The van der Waals surface area contributed by atoms with Crippen molar-refractivity contribution in [2.45, 2.75) is 19.8 Å². The maximum absolute atomic E-state index is 11.3. The van der Waals surface area contributed by atoms with Crippen molar-refractivity contribution in [3.63, 3.8) is 0 Å². The van der Waals surface area contributed by atoms with E-state index in [1.54, 1.807) is 14.2 Å². The van der Waals surface area contributed by atoms with Gasteiger partial charge in [-0.05, 0) is 29.7 Å².